The van der Waals surface area contributed by atoms with E-state index in [1.165, 1.54) is 35.2 Å². The minimum Gasteiger partial charge on any atom is -0.486 e. The van der Waals surface area contributed by atoms with E-state index < -0.39 is 40.2 Å². The number of benzene rings is 4. The number of carbonyl (C=O) groups is 2. The summed E-state index contributed by atoms with van der Waals surface area (Å²) in [6.07, 6.45) is 0.753. The molecule has 0 saturated heterocycles. The number of halogens is 3. The zero-order valence-corrected chi connectivity index (χ0v) is 29.3. The first kappa shape index (κ1) is 36.0. The molecule has 0 aromatic heterocycles. The van der Waals surface area contributed by atoms with Crippen LogP contribution in [-0.2, 0) is 32.6 Å². The van der Waals surface area contributed by atoms with Crippen molar-refractivity contribution in [1.29, 1.82) is 0 Å². The van der Waals surface area contributed by atoms with Crippen molar-refractivity contribution in [1.82, 2.24) is 10.2 Å². The molecule has 4 aromatic rings. The lowest BCUT2D eigenvalue weighted by molar-refractivity contribution is -0.140. The number of hydrogen-bond acceptors (Lipinski definition) is 6. The lowest BCUT2D eigenvalue weighted by Gasteiger charge is -2.34. The third-order valence-corrected chi connectivity index (χ3v) is 10.6. The van der Waals surface area contributed by atoms with Crippen molar-refractivity contribution in [3.8, 4) is 11.5 Å². The molecule has 1 heterocycles. The van der Waals surface area contributed by atoms with Gasteiger partial charge in [0.15, 0.2) is 11.5 Å². The van der Waals surface area contributed by atoms with Crippen molar-refractivity contribution in [2.75, 3.05) is 24.1 Å². The maximum absolute atomic E-state index is 14.7. The Kier molecular flexibility index (Phi) is 11.7. The molecule has 4 aromatic carbocycles. The third-order valence-electron chi connectivity index (χ3n) is 8.16. The Morgan fingerprint density at radius 2 is 1.55 bits per heavy atom. The summed E-state index contributed by atoms with van der Waals surface area (Å²) >= 11 is 13.1. The minimum atomic E-state index is -4.47. The SMILES string of the molecule is CC[C@@H](C)NC(=O)[C@H](Cc1ccccc1)N(Cc1c(Cl)cccc1Cl)C(=O)CN(c1ccc(F)cc1)S(=O)(=O)c1ccc2c(c1)OCCO2. The number of amides is 2. The Balaban J connectivity index is 1.60. The number of fused-ring (bicyclic) bond motifs is 1. The third kappa shape index (κ3) is 8.65. The molecule has 0 spiro atoms. The molecule has 0 radical (unpaired) electrons. The summed E-state index contributed by atoms with van der Waals surface area (Å²) in [4.78, 5) is 29.8. The summed E-state index contributed by atoms with van der Waals surface area (Å²) in [5, 5.41) is 3.52. The number of hydrogen-bond donors (Lipinski definition) is 1. The van der Waals surface area contributed by atoms with Gasteiger partial charge in [-0.25, -0.2) is 12.8 Å². The quantitative estimate of drug-likeness (QED) is 0.165. The molecule has 1 N–H and O–H groups in total. The molecule has 2 amide bonds. The summed E-state index contributed by atoms with van der Waals surface area (Å²) in [5.74, 6) is -1.13. The molecular formula is C36H36Cl2FN3O6S. The van der Waals surface area contributed by atoms with E-state index in [1.807, 2.05) is 44.2 Å². The zero-order chi connectivity index (χ0) is 35.1. The number of anilines is 1. The first-order chi connectivity index (χ1) is 23.5. The van der Waals surface area contributed by atoms with Crippen LogP contribution in [0, 0.1) is 5.82 Å². The lowest BCUT2D eigenvalue weighted by Crippen LogP contribution is -2.54. The molecule has 1 aliphatic rings. The highest BCUT2D eigenvalue weighted by Crippen LogP contribution is 2.35. The van der Waals surface area contributed by atoms with Crippen LogP contribution in [0.25, 0.3) is 0 Å². The van der Waals surface area contributed by atoms with Crippen molar-refractivity contribution in [2.45, 2.75) is 50.2 Å². The fraction of sp³-hybridized carbons (Fsp3) is 0.278. The van der Waals surface area contributed by atoms with Crippen LogP contribution in [0.4, 0.5) is 10.1 Å². The summed E-state index contributed by atoms with van der Waals surface area (Å²) in [7, 11) is -4.47. The second kappa shape index (κ2) is 15.9. The van der Waals surface area contributed by atoms with Gasteiger partial charge in [0.2, 0.25) is 11.8 Å². The Labute approximate surface area is 295 Å². The Bertz CT molecular complexity index is 1880. The summed E-state index contributed by atoms with van der Waals surface area (Å²) in [6.45, 7) is 3.38. The molecule has 1 aliphatic heterocycles. The van der Waals surface area contributed by atoms with Crippen molar-refractivity contribution in [3.05, 3.63) is 118 Å². The van der Waals surface area contributed by atoms with Gasteiger partial charge in [-0.15, -0.1) is 0 Å². The van der Waals surface area contributed by atoms with Gasteiger partial charge in [-0.1, -0.05) is 66.5 Å². The Morgan fingerprint density at radius 1 is 0.898 bits per heavy atom. The van der Waals surface area contributed by atoms with E-state index >= 15 is 0 Å². The van der Waals surface area contributed by atoms with Crippen LogP contribution < -0.4 is 19.1 Å². The summed E-state index contributed by atoms with van der Waals surface area (Å²) < 4.78 is 54.8. The molecule has 13 heteroatoms. The van der Waals surface area contributed by atoms with Gasteiger partial charge in [0.05, 0.1) is 10.6 Å². The van der Waals surface area contributed by atoms with Gasteiger partial charge in [0.25, 0.3) is 10.0 Å². The van der Waals surface area contributed by atoms with Crippen molar-refractivity contribution < 1.29 is 31.9 Å². The largest absolute Gasteiger partial charge is 0.486 e. The number of sulfonamides is 1. The standard InChI is InChI=1S/C36H36Cl2FN3O6S/c1-3-24(2)40-36(44)32(20-25-8-5-4-6-9-25)41(22-29-30(37)10-7-11-31(29)38)35(43)23-42(27-14-12-26(39)13-15-27)49(45,46)28-16-17-33-34(21-28)48-19-18-47-33/h4-17,21,24,32H,3,18-20,22-23H2,1-2H3,(H,40,44)/t24-,32+/m1/s1. The highest BCUT2D eigenvalue weighted by Gasteiger charge is 2.36. The van der Waals surface area contributed by atoms with Crippen LogP contribution in [0.1, 0.15) is 31.4 Å². The fourth-order valence-corrected chi connectivity index (χ4v) is 7.24. The Morgan fingerprint density at radius 3 is 2.20 bits per heavy atom. The van der Waals surface area contributed by atoms with Gasteiger partial charge >= 0.3 is 0 Å². The topological polar surface area (TPSA) is 105 Å². The van der Waals surface area contributed by atoms with E-state index in [1.54, 1.807) is 18.2 Å². The maximum atomic E-state index is 14.7. The van der Waals surface area contributed by atoms with Crippen molar-refractivity contribution in [2.24, 2.45) is 0 Å². The first-order valence-corrected chi connectivity index (χ1v) is 17.9. The van der Waals surface area contributed by atoms with Crippen LogP contribution in [0.2, 0.25) is 10.0 Å². The highest BCUT2D eigenvalue weighted by atomic mass is 35.5. The van der Waals surface area contributed by atoms with Crippen LogP contribution in [0.5, 0.6) is 11.5 Å². The number of carbonyl (C=O) groups excluding carboxylic acids is 2. The average molecular weight is 729 g/mol. The molecule has 5 rings (SSSR count). The predicted octanol–water partition coefficient (Wildman–Crippen LogP) is 6.65. The van der Waals surface area contributed by atoms with E-state index in [2.05, 4.69) is 5.32 Å². The second-order valence-electron chi connectivity index (χ2n) is 11.5. The normalized spacial score (nSPS) is 13.7. The van der Waals surface area contributed by atoms with Crippen LogP contribution in [-0.4, -0.2) is 57.0 Å². The molecule has 0 aliphatic carbocycles. The van der Waals surface area contributed by atoms with E-state index in [0.29, 0.717) is 24.3 Å². The molecule has 0 fully saturated rings. The summed E-state index contributed by atoms with van der Waals surface area (Å²) in [6, 6.07) is 21.7. The van der Waals surface area contributed by atoms with E-state index in [9.17, 15) is 22.4 Å². The van der Waals surface area contributed by atoms with Crippen molar-refractivity contribution in [3.63, 3.8) is 0 Å². The van der Waals surface area contributed by atoms with Gasteiger partial charge < -0.3 is 19.7 Å². The van der Waals surface area contributed by atoms with E-state index in [-0.39, 0.29) is 52.0 Å². The number of nitrogens with one attached hydrogen (secondary N) is 1. The van der Waals surface area contributed by atoms with Crippen LogP contribution in [0.3, 0.4) is 0 Å². The Hall–Kier alpha value is -4.32. The van der Waals surface area contributed by atoms with Crippen LogP contribution in [0.15, 0.2) is 95.9 Å². The van der Waals surface area contributed by atoms with Crippen LogP contribution >= 0.6 is 23.2 Å². The minimum absolute atomic E-state index is 0.0315. The second-order valence-corrected chi connectivity index (χ2v) is 14.2. The number of rotatable bonds is 13. The lowest BCUT2D eigenvalue weighted by atomic mass is 10.0. The van der Waals surface area contributed by atoms with Gasteiger partial charge in [0.1, 0.15) is 31.6 Å². The fourth-order valence-electron chi connectivity index (χ4n) is 5.30. The predicted molar refractivity (Wildman–Crippen MR) is 187 cm³/mol. The van der Waals surface area contributed by atoms with Gasteiger partial charge in [-0.2, -0.15) is 0 Å². The highest BCUT2D eigenvalue weighted by molar-refractivity contribution is 7.92. The van der Waals surface area contributed by atoms with Crippen molar-refractivity contribution >= 4 is 50.7 Å². The van der Waals surface area contributed by atoms with Gasteiger partial charge in [-0.05, 0) is 67.4 Å². The molecule has 0 unspecified atom stereocenters. The monoisotopic (exact) mass is 727 g/mol. The van der Waals surface area contributed by atoms with Gasteiger partial charge in [0, 0.05) is 40.7 Å². The molecule has 2 atom stereocenters. The molecule has 49 heavy (non-hydrogen) atoms. The number of nitrogens with zero attached hydrogens (tertiary/aromatic N) is 2. The molecule has 0 saturated carbocycles. The van der Waals surface area contributed by atoms with E-state index in [4.69, 9.17) is 32.7 Å². The smallest absolute Gasteiger partial charge is 0.264 e. The molecule has 0 bridgehead atoms. The maximum Gasteiger partial charge on any atom is 0.264 e. The number of ether oxygens (including phenoxy) is 2. The first-order valence-electron chi connectivity index (χ1n) is 15.7. The van der Waals surface area contributed by atoms with E-state index in [0.717, 1.165) is 22.0 Å². The zero-order valence-electron chi connectivity index (χ0n) is 26.9. The molecular weight excluding hydrogens is 692 g/mol. The summed E-state index contributed by atoms with van der Waals surface area (Å²) in [5.41, 5.74) is 1.19. The molecule has 258 valence electrons. The average Bonchev–Trinajstić information content (AvgIpc) is 3.10. The molecule has 9 nitrogen and oxygen atoms in total. The van der Waals surface area contributed by atoms with Gasteiger partial charge in [-0.3, -0.25) is 13.9 Å².